The van der Waals surface area contributed by atoms with Crippen LogP contribution in [0.15, 0.2) is 15.7 Å². The Bertz CT molecular complexity index is 497. The maximum absolute atomic E-state index is 11.8. The summed E-state index contributed by atoms with van der Waals surface area (Å²) in [6, 6.07) is 1.33. The summed E-state index contributed by atoms with van der Waals surface area (Å²) in [6.45, 7) is 2.01. The predicted octanol–water partition coefficient (Wildman–Crippen LogP) is 1.26. The number of H-pyrrole nitrogens is 1. The number of aromatic nitrogens is 2. The number of anilines is 1. The van der Waals surface area contributed by atoms with Crippen molar-refractivity contribution in [2.24, 2.45) is 5.92 Å². The highest BCUT2D eigenvalue weighted by Gasteiger charge is 2.23. The SMILES string of the molecule is CC(C1CCCCC1)n1c(N)cc(=O)[nH]c1=O. The fraction of sp³-hybridized carbons (Fsp3) is 0.667. The van der Waals surface area contributed by atoms with E-state index in [1.54, 1.807) is 0 Å². The Hall–Kier alpha value is -1.52. The highest BCUT2D eigenvalue weighted by atomic mass is 16.2. The number of rotatable bonds is 2. The summed E-state index contributed by atoms with van der Waals surface area (Å²) in [4.78, 5) is 25.2. The Kier molecular flexibility index (Phi) is 3.36. The summed E-state index contributed by atoms with van der Waals surface area (Å²) in [6.07, 6.45) is 5.97. The first-order valence-corrected chi connectivity index (χ1v) is 6.21. The van der Waals surface area contributed by atoms with E-state index in [9.17, 15) is 9.59 Å². The van der Waals surface area contributed by atoms with Crippen LogP contribution in [0.3, 0.4) is 0 Å². The molecule has 1 aliphatic rings. The normalized spacial score (nSPS) is 19.1. The van der Waals surface area contributed by atoms with Crippen LogP contribution >= 0.6 is 0 Å². The average Bonchev–Trinajstić information content (AvgIpc) is 2.28. The van der Waals surface area contributed by atoms with Crippen LogP contribution in [0.2, 0.25) is 0 Å². The monoisotopic (exact) mass is 237 g/mol. The molecule has 1 saturated carbocycles. The van der Waals surface area contributed by atoms with Crippen molar-refractivity contribution in [1.82, 2.24) is 9.55 Å². The zero-order chi connectivity index (χ0) is 12.4. The van der Waals surface area contributed by atoms with Crippen molar-refractivity contribution in [3.8, 4) is 0 Å². The third-order valence-electron chi connectivity index (χ3n) is 3.75. The van der Waals surface area contributed by atoms with E-state index in [1.807, 2.05) is 6.92 Å². The van der Waals surface area contributed by atoms with E-state index in [0.717, 1.165) is 12.8 Å². The Morgan fingerprint density at radius 3 is 2.59 bits per heavy atom. The van der Waals surface area contributed by atoms with E-state index in [1.165, 1.54) is 29.9 Å². The van der Waals surface area contributed by atoms with Gasteiger partial charge < -0.3 is 5.73 Å². The first-order chi connectivity index (χ1) is 8.09. The average molecular weight is 237 g/mol. The molecule has 5 nitrogen and oxygen atoms in total. The summed E-state index contributed by atoms with van der Waals surface area (Å²) in [5.74, 6) is 0.742. The lowest BCUT2D eigenvalue weighted by Crippen LogP contribution is -2.36. The molecule has 0 amide bonds. The van der Waals surface area contributed by atoms with Crippen LogP contribution in [0.25, 0.3) is 0 Å². The molecule has 0 bridgehead atoms. The fourth-order valence-electron chi connectivity index (χ4n) is 2.77. The maximum Gasteiger partial charge on any atom is 0.330 e. The molecule has 0 saturated heterocycles. The largest absolute Gasteiger partial charge is 0.385 e. The second kappa shape index (κ2) is 4.77. The lowest BCUT2D eigenvalue weighted by atomic mass is 9.84. The topological polar surface area (TPSA) is 80.9 Å². The first-order valence-electron chi connectivity index (χ1n) is 6.21. The van der Waals surface area contributed by atoms with Crippen LogP contribution in [0.5, 0.6) is 0 Å². The second-order valence-corrected chi connectivity index (χ2v) is 4.87. The minimum absolute atomic E-state index is 0.0552. The molecule has 1 aromatic heterocycles. The number of hydrogen-bond donors (Lipinski definition) is 2. The van der Waals surface area contributed by atoms with E-state index in [4.69, 9.17) is 5.73 Å². The summed E-state index contributed by atoms with van der Waals surface area (Å²) in [5.41, 5.74) is 4.95. The number of hydrogen-bond acceptors (Lipinski definition) is 3. The van der Waals surface area contributed by atoms with E-state index in [0.29, 0.717) is 5.92 Å². The zero-order valence-corrected chi connectivity index (χ0v) is 10.1. The molecule has 0 spiro atoms. The zero-order valence-electron chi connectivity index (χ0n) is 10.1. The molecule has 0 aliphatic heterocycles. The molecule has 0 radical (unpaired) electrons. The van der Waals surface area contributed by atoms with Gasteiger partial charge >= 0.3 is 5.69 Å². The number of nitrogens with one attached hydrogen (secondary N) is 1. The minimum atomic E-state index is -0.431. The van der Waals surface area contributed by atoms with Crippen LogP contribution in [-0.4, -0.2) is 9.55 Å². The minimum Gasteiger partial charge on any atom is -0.385 e. The molecule has 1 fully saturated rings. The summed E-state index contributed by atoms with van der Waals surface area (Å²) in [7, 11) is 0. The molecule has 0 aromatic carbocycles. The lowest BCUT2D eigenvalue weighted by Gasteiger charge is -2.29. The van der Waals surface area contributed by atoms with E-state index < -0.39 is 11.2 Å². The first kappa shape index (κ1) is 12.0. The van der Waals surface area contributed by atoms with Crippen LogP contribution < -0.4 is 17.0 Å². The number of nitrogen functional groups attached to an aromatic ring is 1. The maximum atomic E-state index is 11.8. The second-order valence-electron chi connectivity index (χ2n) is 4.87. The summed E-state index contributed by atoms with van der Waals surface area (Å²) < 4.78 is 1.51. The third-order valence-corrected chi connectivity index (χ3v) is 3.75. The van der Waals surface area contributed by atoms with Crippen molar-refractivity contribution in [1.29, 1.82) is 0 Å². The smallest absolute Gasteiger partial charge is 0.330 e. The van der Waals surface area contributed by atoms with E-state index >= 15 is 0 Å². The number of nitrogens with two attached hydrogens (primary N) is 1. The van der Waals surface area contributed by atoms with Gasteiger partial charge in [0.1, 0.15) is 5.82 Å². The van der Waals surface area contributed by atoms with Gasteiger partial charge in [-0.2, -0.15) is 0 Å². The van der Waals surface area contributed by atoms with Crippen molar-refractivity contribution >= 4 is 5.82 Å². The van der Waals surface area contributed by atoms with Crippen LogP contribution in [0.4, 0.5) is 5.82 Å². The van der Waals surface area contributed by atoms with Crippen molar-refractivity contribution in [3.05, 3.63) is 26.9 Å². The van der Waals surface area contributed by atoms with Crippen molar-refractivity contribution in [2.75, 3.05) is 5.73 Å². The molecular weight excluding hydrogens is 218 g/mol. The standard InChI is InChI=1S/C12H19N3O2/c1-8(9-5-3-2-4-6-9)15-10(13)7-11(16)14-12(15)17/h7-9H,2-6,13H2,1H3,(H,14,16,17). The van der Waals surface area contributed by atoms with Gasteiger partial charge in [-0.25, -0.2) is 4.79 Å². The van der Waals surface area contributed by atoms with E-state index in [-0.39, 0.29) is 11.9 Å². The Morgan fingerprint density at radius 2 is 2.00 bits per heavy atom. The van der Waals surface area contributed by atoms with Crippen LogP contribution in [-0.2, 0) is 0 Å². The van der Waals surface area contributed by atoms with Gasteiger partial charge in [-0.1, -0.05) is 19.3 Å². The van der Waals surface area contributed by atoms with Gasteiger partial charge in [0.05, 0.1) is 0 Å². The van der Waals surface area contributed by atoms with Crippen molar-refractivity contribution in [3.63, 3.8) is 0 Å². The number of nitrogens with zero attached hydrogens (tertiary/aromatic N) is 1. The molecular formula is C12H19N3O2. The summed E-state index contributed by atoms with van der Waals surface area (Å²) in [5, 5.41) is 0. The quantitative estimate of drug-likeness (QED) is 0.812. The van der Waals surface area contributed by atoms with Crippen LogP contribution in [0, 0.1) is 5.92 Å². The fourth-order valence-corrected chi connectivity index (χ4v) is 2.77. The molecule has 1 aromatic rings. The van der Waals surface area contributed by atoms with Gasteiger partial charge in [-0.05, 0) is 25.7 Å². The van der Waals surface area contributed by atoms with Crippen molar-refractivity contribution in [2.45, 2.75) is 45.1 Å². The third kappa shape index (κ3) is 2.43. The molecule has 2 rings (SSSR count). The van der Waals surface area contributed by atoms with Gasteiger partial charge in [-0.15, -0.1) is 0 Å². The Balaban J connectivity index is 2.33. The summed E-state index contributed by atoms with van der Waals surface area (Å²) >= 11 is 0. The van der Waals surface area contributed by atoms with Gasteiger partial charge in [0.2, 0.25) is 0 Å². The molecule has 3 N–H and O–H groups in total. The molecule has 1 aliphatic carbocycles. The van der Waals surface area contributed by atoms with Gasteiger partial charge in [0.25, 0.3) is 5.56 Å². The molecule has 1 heterocycles. The lowest BCUT2D eigenvalue weighted by molar-refractivity contribution is 0.260. The highest BCUT2D eigenvalue weighted by Crippen LogP contribution is 2.32. The molecule has 1 unspecified atom stereocenters. The van der Waals surface area contributed by atoms with Crippen molar-refractivity contribution < 1.29 is 0 Å². The van der Waals surface area contributed by atoms with Gasteiger partial charge in [0.15, 0.2) is 0 Å². The highest BCUT2D eigenvalue weighted by molar-refractivity contribution is 5.27. The molecule has 17 heavy (non-hydrogen) atoms. The van der Waals surface area contributed by atoms with Crippen LogP contribution in [0.1, 0.15) is 45.1 Å². The van der Waals surface area contributed by atoms with Gasteiger partial charge in [-0.3, -0.25) is 14.3 Å². The Morgan fingerprint density at radius 1 is 1.35 bits per heavy atom. The number of aromatic amines is 1. The molecule has 94 valence electrons. The molecule has 1 atom stereocenters. The Labute approximate surface area is 99.7 Å². The predicted molar refractivity (Wildman–Crippen MR) is 67.0 cm³/mol. The van der Waals surface area contributed by atoms with Gasteiger partial charge in [0, 0.05) is 12.1 Å². The molecule has 5 heteroatoms. The van der Waals surface area contributed by atoms with E-state index in [2.05, 4.69) is 4.98 Å².